The number of fused-ring (bicyclic) bond motifs is 1. The Balaban J connectivity index is 2.15. The maximum Gasteiger partial charge on any atom is 0.335 e. The number of imide groups is 1. The van der Waals surface area contributed by atoms with Gasteiger partial charge in [0.05, 0.1) is 16.7 Å². The molecule has 0 fully saturated rings. The predicted octanol–water partition coefficient (Wildman–Crippen LogP) is 1.14. The lowest BCUT2D eigenvalue weighted by molar-refractivity contribution is 0.0649. The second-order valence-electron chi connectivity index (χ2n) is 4.61. The van der Waals surface area contributed by atoms with E-state index in [0.717, 1.165) is 11.3 Å². The SMILES string of the molecule is O=C(O)c1ccc2c(c1)C(=O)N(CCCCCO)C2=O. The maximum atomic E-state index is 12.1. The zero-order valence-electron chi connectivity index (χ0n) is 10.8. The lowest BCUT2D eigenvalue weighted by Crippen LogP contribution is -2.30. The van der Waals surface area contributed by atoms with E-state index < -0.39 is 11.9 Å². The first-order valence-corrected chi connectivity index (χ1v) is 6.40. The normalized spacial score (nSPS) is 13.8. The van der Waals surface area contributed by atoms with E-state index in [1.807, 2.05) is 0 Å². The van der Waals surface area contributed by atoms with Crippen LogP contribution in [0.1, 0.15) is 50.3 Å². The van der Waals surface area contributed by atoms with Gasteiger partial charge in [0.25, 0.3) is 11.8 Å². The molecule has 0 saturated heterocycles. The molecule has 106 valence electrons. The highest BCUT2D eigenvalue weighted by Gasteiger charge is 2.35. The maximum absolute atomic E-state index is 12.1. The highest BCUT2D eigenvalue weighted by molar-refractivity contribution is 6.21. The third-order valence-electron chi connectivity index (χ3n) is 3.26. The molecule has 0 aliphatic carbocycles. The van der Waals surface area contributed by atoms with Crippen molar-refractivity contribution in [2.24, 2.45) is 0 Å². The van der Waals surface area contributed by atoms with Gasteiger partial charge in [0.2, 0.25) is 0 Å². The summed E-state index contributed by atoms with van der Waals surface area (Å²) in [5, 5.41) is 17.6. The van der Waals surface area contributed by atoms with Crippen molar-refractivity contribution in [2.75, 3.05) is 13.2 Å². The smallest absolute Gasteiger partial charge is 0.335 e. The summed E-state index contributed by atoms with van der Waals surface area (Å²) in [5.74, 6) is -1.96. The number of carbonyl (C=O) groups excluding carboxylic acids is 2. The highest BCUT2D eigenvalue weighted by Crippen LogP contribution is 2.24. The summed E-state index contributed by atoms with van der Waals surface area (Å²) in [4.78, 5) is 36.2. The number of aromatic carboxylic acids is 1. The molecular weight excluding hydrogens is 262 g/mol. The van der Waals surface area contributed by atoms with Crippen LogP contribution in [0.2, 0.25) is 0 Å². The average Bonchev–Trinajstić information content (AvgIpc) is 2.67. The third-order valence-corrected chi connectivity index (χ3v) is 3.26. The van der Waals surface area contributed by atoms with E-state index in [4.69, 9.17) is 10.2 Å². The van der Waals surface area contributed by atoms with Gasteiger partial charge in [-0.05, 0) is 37.5 Å². The zero-order chi connectivity index (χ0) is 14.7. The molecule has 0 atom stereocenters. The van der Waals surface area contributed by atoms with Crippen LogP contribution in [-0.2, 0) is 0 Å². The summed E-state index contributed by atoms with van der Waals surface area (Å²) < 4.78 is 0. The van der Waals surface area contributed by atoms with Crippen LogP contribution < -0.4 is 0 Å². The summed E-state index contributed by atoms with van der Waals surface area (Å²) in [6.07, 6.45) is 1.98. The van der Waals surface area contributed by atoms with Crippen LogP contribution in [-0.4, -0.2) is 46.0 Å². The molecule has 20 heavy (non-hydrogen) atoms. The number of hydrogen-bond acceptors (Lipinski definition) is 4. The Bertz CT molecular complexity index is 567. The van der Waals surface area contributed by atoms with E-state index in [-0.39, 0.29) is 35.7 Å². The summed E-state index contributed by atoms with van der Waals surface area (Å²) in [7, 11) is 0. The Morgan fingerprint density at radius 3 is 2.40 bits per heavy atom. The Labute approximate surface area is 115 Å². The number of hydrogen-bond donors (Lipinski definition) is 2. The van der Waals surface area contributed by atoms with Crippen LogP contribution in [0.5, 0.6) is 0 Å². The summed E-state index contributed by atoms with van der Waals surface area (Å²) in [6, 6.07) is 3.94. The van der Waals surface area contributed by atoms with Crippen LogP contribution in [0.25, 0.3) is 0 Å². The lowest BCUT2D eigenvalue weighted by Gasteiger charge is -2.12. The van der Waals surface area contributed by atoms with E-state index >= 15 is 0 Å². The van der Waals surface area contributed by atoms with Crippen LogP contribution in [0, 0.1) is 0 Å². The van der Waals surface area contributed by atoms with Crippen LogP contribution in [0.4, 0.5) is 0 Å². The summed E-state index contributed by atoms with van der Waals surface area (Å²) in [6.45, 7) is 0.374. The number of aliphatic hydroxyl groups is 1. The van der Waals surface area contributed by atoms with E-state index in [2.05, 4.69) is 0 Å². The molecule has 0 bridgehead atoms. The molecule has 1 aromatic rings. The third kappa shape index (κ3) is 2.55. The molecule has 0 radical (unpaired) electrons. The van der Waals surface area contributed by atoms with Gasteiger partial charge in [-0.2, -0.15) is 0 Å². The number of amides is 2. The minimum Gasteiger partial charge on any atom is -0.478 e. The molecule has 1 aliphatic heterocycles. The number of benzene rings is 1. The fourth-order valence-corrected chi connectivity index (χ4v) is 2.19. The molecule has 2 N–H and O–H groups in total. The van der Waals surface area contributed by atoms with Gasteiger partial charge in [-0.25, -0.2) is 4.79 Å². The molecule has 0 spiro atoms. The zero-order valence-corrected chi connectivity index (χ0v) is 10.8. The van der Waals surface area contributed by atoms with Gasteiger partial charge in [-0.15, -0.1) is 0 Å². The summed E-state index contributed by atoms with van der Waals surface area (Å²) >= 11 is 0. The van der Waals surface area contributed by atoms with Crippen LogP contribution in [0.3, 0.4) is 0 Å². The number of unbranched alkanes of at least 4 members (excludes halogenated alkanes) is 2. The first-order chi connectivity index (χ1) is 9.56. The van der Waals surface area contributed by atoms with Gasteiger partial charge in [-0.3, -0.25) is 14.5 Å². The fraction of sp³-hybridized carbons (Fsp3) is 0.357. The topological polar surface area (TPSA) is 94.9 Å². The number of carboxylic acids is 1. The molecule has 2 amide bonds. The first-order valence-electron chi connectivity index (χ1n) is 6.40. The molecule has 1 aliphatic rings. The molecule has 1 aromatic carbocycles. The highest BCUT2D eigenvalue weighted by atomic mass is 16.4. The van der Waals surface area contributed by atoms with Gasteiger partial charge >= 0.3 is 5.97 Å². The number of carboxylic acid groups (broad SMARTS) is 1. The minimum absolute atomic E-state index is 0.00738. The van der Waals surface area contributed by atoms with Crippen LogP contribution >= 0.6 is 0 Å². The fourth-order valence-electron chi connectivity index (χ4n) is 2.19. The Morgan fingerprint density at radius 1 is 1.05 bits per heavy atom. The lowest BCUT2D eigenvalue weighted by atomic mass is 10.1. The Kier molecular flexibility index (Phi) is 4.14. The first kappa shape index (κ1) is 14.2. The van der Waals surface area contributed by atoms with Crippen LogP contribution in [0.15, 0.2) is 18.2 Å². The van der Waals surface area contributed by atoms with E-state index in [0.29, 0.717) is 12.8 Å². The van der Waals surface area contributed by atoms with Crippen molar-refractivity contribution in [3.63, 3.8) is 0 Å². The summed E-state index contributed by atoms with van der Waals surface area (Å²) in [5.41, 5.74) is 0.395. The monoisotopic (exact) mass is 277 g/mol. The van der Waals surface area contributed by atoms with Crippen molar-refractivity contribution >= 4 is 17.8 Å². The molecule has 0 saturated carbocycles. The second kappa shape index (κ2) is 5.83. The standard InChI is InChI=1S/C14H15NO5/c16-7-3-1-2-6-15-12(17)10-5-4-9(14(19)20)8-11(10)13(15)18/h4-5,8,16H,1-3,6-7H2,(H,19,20). The van der Waals surface area contributed by atoms with Crippen molar-refractivity contribution in [2.45, 2.75) is 19.3 Å². The molecular formula is C14H15NO5. The molecule has 6 nitrogen and oxygen atoms in total. The Morgan fingerprint density at radius 2 is 1.75 bits per heavy atom. The molecule has 6 heteroatoms. The van der Waals surface area contributed by atoms with Crippen molar-refractivity contribution < 1.29 is 24.6 Å². The van der Waals surface area contributed by atoms with Gasteiger partial charge < -0.3 is 10.2 Å². The molecule has 1 heterocycles. The van der Waals surface area contributed by atoms with Gasteiger partial charge in [0.1, 0.15) is 0 Å². The van der Waals surface area contributed by atoms with Crippen molar-refractivity contribution in [1.82, 2.24) is 4.90 Å². The predicted molar refractivity (Wildman–Crippen MR) is 69.7 cm³/mol. The Hall–Kier alpha value is -2.21. The number of rotatable bonds is 6. The average molecular weight is 277 g/mol. The van der Waals surface area contributed by atoms with Gasteiger partial charge in [0, 0.05) is 13.2 Å². The number of aliphatic hydroxyl groups excluding tert-OH is 1. The van der Waals surface area contributed by atoms with E-state index in [9.17, 15) is 14.4 Å². The number of carbonyl (C=O) groups is 3. The van der Waals surface area contributed by atoms with Gasteiger partial charge in [-0.1, -0.05) is 0 Å². The quantitative estimate of drug-likeness (QED) is 0.600. The molecule has 0 unspecified atom stereocenters. The van der Waals surface area contributed by atoms with Crippen molar-refractivity contribution in [3.8, 4) is 0 Å². The van der Waals surface area contributed by atoms with Gasteiger partial charge in [0.15, 0.2) is 0 Å². The van der Waals surface area contributed by atoms with E-state index in [1.54, 1.807) is 0 Å². The minimum atomic E-state index is -1.13. The van der Waals surface area contributed by atoms with Crippen molar-refractivity contribution in [3.05, 3.63) is 34.9 Å². The van der Waals surface area contributed by atoms with E-state index in [1.165, 1.54) is 18.2 Å². The second-order valence-corrected chi connectivity index (χ2v) is 4.61. The number of nitrogens with zero attached hydrogens (tertiary/aromatic N) is 1. The molecule has 0 aromatic heterocycles. The largest absolute Gasteiger partial charge is 0.478 e. The van der Waals surface area contributed by atoms with Crippen molar-refractivity contribution in [1.29, 1.82) is 0 Å². The molecule has 2 rings (SSSR count).